The predicted octanol–water partition coefficient (Wildman–Crippen LogP) is 1.09. The van der Waals surface area contributed by atoms with E-state index in [4.69, 9.17) is 5.73 Å². The Kier molecular flexibility index (Phi) is 1.72. The second-order valence-corrected chi connectivity index (χ2v) is 3.95. The van der Waals surface area contributed by atoms with Gasteiger partial charge in [0.1, 0.15) is 5.78 Å². The number of hydrogen-bond donors (Lipinski definition) is 1. The molecule has 0 aromatic heterocycles. The minimum absolute atomic E-state index is 0.183. The summed E-state index contributed by atoms with van der Waals surface area (Å²) in [5.41, 5.74) is 5.82. The quantitative estimate of drug-likeness (QED) is 0.657. The number of nitrogens with two attached hydrogens (primary N) is 1. The van der Waals surface area contributed by atoms with Crippen LogP contribution in [0.5, 0.6) is 0 Å². The van der Waals surface area contributed by atoms with Crippen molar-refractivity contribution in [2.45, 2.75) is 38.1 Å². The molecule has 0 spiro atoms. The minimum atomic E-state index is 0.183. The zero-order chi connectivity index (χ0) is 7.84. The van der Waals surface area contributed by atoms with E-state index in [1.54, 1.807) is 0 Å². The molecular formula is C9H15NO. The number of carbonyl (C=O) groups excluding carboxylic acids is 1. The van der Waals surface area contributed by atoms with Gasteiger partial charge in [0.25, 0.3) is 0 Å². The molecule has 62 valence electrons. The van der Waals surface area contributed by atoms with E-state index in [2.05, 4.69) is 0 Å². The fraction of sp³-hybridized carbons (Fsp3) is 0.889. The first kappa shape index (κ1) is 7.29. The van der Waals surface area contributed by atoms with E-state index in [1.807, 2.05) is 0 Å². The van der Waals surface area contributed by atoms with Crippen molar-refractivity contribution >= 4 is 5.78 Å². The molecule has 0 aromatic rings. The highest BCUT2D eigenvalue weighted by molar-refractivity contribution is 5.83. The highest BCUT2D eigenvalue weighted by Gasteiger charge is 2.34. The Morgan fingerprint density at radius 3 is 2.45 bits per heavy atom. The van der Waals surface area contributed by atoms with Crippen LogP contribution >= 0.6 is 0 Å². The summed E-state index contributed by atoms with van der Waals surface area (Å²) in [5.74, 6) is 1.50. The Labute approximate surface area is 67.1 Å². The van der Waals surface area contributed by atoms with Gasteiger partial charge in [0.2, 0.25) is 0 Å². The third-order valence-electron chi connectivity index (χ3n) is 2.70. The van der Waals surface area contributed by atoms with E-state index >= 15 is 0 Å². The van der Waals surface area contributed by atoms with E-state index in [1.165, 1.54) is 12.8 Å². The van der Waals surface area contributed by atoms with Crippen LogP contribution in [0.3, 0.4) is 0 Å². The van der Waals surface area contributed by atoms with Crippen LogP contribution in [0.1, 0.15) is 32.1 Å². The van der Waals surface area contributed by atoms with Crippen LogP contribution < -0.4 is 5.73 Å². The second-order valence-electron chi connectivity index (χ2n) is 3.95. The van der Waals surface area contributed by atoms with Crippen LogP contribution in [0.15, 0.2) is 0 Å². The summed E-state index contributed by atoms with van der Waals surface area (Å²) in [5, 5.41) is 0. The van der Waals surface area contributed by atoms with E-state index in [9.17, 15) is 4.79 Å². The lowest BCUT2D eigenvalue weighted by atomic mass is 10.0. The van der Waals surface area contributed by atoms with Crippen LogP contribution in [-0.4, -0.2) is 11.8 Å². The predicted molar refractivity (Wildman–Crippen MR) is 43.0 cm³/mol. The fourth-order valence-corrected chi connectivity index (χ4v) is 1.50. The van der Waals surface area contributed by atoms with Gasteiger partial charge in [-0.1, -0.05) is 0 Å². The van der Waals surface area contributed by atoms with Gasteiger partial charge in [-0.05, 0) is 31.6 Å². The Morgan fingerprint density at radius 1 is 1.36 bits per heavy atom. The van der Waals surface area contributed by atoms with Gasteiger partial charge in [-0.15, -0.1) is 0 Å². The summed E-state index contributed by atoms with van der Waals surface area (Å²) < 4.78 is 0. The molecule has 1 unspecified atom stereocenters. The lowest BCUT2D eigenvalue weighted by Gasteiger charge is -2.07. The molecule has 0 heterocycles. The molecule has 1 atom stereocenters. The topological polar surface area (TPSA) is 43.1 Å². The molecule has 2 fully saturated rings. The van der Waals surface area contributed by atoms with Crippen LogP contribution in [0.4, 0.5) is 0 Å². The average Bonchev–Trinajstić information content (AvgIpc) is 2.84. The standard InChI is InChI=1S/C9H15NO/c10-8(6-1-2-6)5-9(11)7-3-4-7/h6-8H,1-5,10H2. The zero-order valence-electron chi connectivity index (χ0n) is 6.75. The molecule has 2 N–H and O–H groups in total. The van der Waals surface area contributed by atoms with Crippen molar-refractivity contribution in [1.82, 2.24) is 0 Å². The Morgan fingerprint density at radius 2 is 2.00 bits per heavy atom. The van der Waals surface area contributed by atoms with Crippen LogP contribution in [-0.2, 0) is 4.79 Å². The van der Waals surface area contributed by atoms with Gasteiger partial charge in [0, 0.05) is 18.4 Å². The largest absolute Gasteiger partial charge is 0.327 e. The molecule has 0 aliphatic heterocycles. The van der Waals surface area contributed by atoms with Crippen molar-refractivity contribution in [3.63, 3.8) is 0 Å². The number of carbonyl (C=O) groups is 1. The summed E-state index contributed by atoms with van der Waals surface area (Å²) in [4.78, 5) is 11.3. The van der Waals surface area contributed by atoms with E-state index in [0.29, 0.717) is 24.0 Å². The van der Waals surface area contributed by atoms with Crippen LogP contribution in [0, 0.1) is 11.8 Å². The van der Waals surface area contributed by atoms with Crippen molar-refractivity contribution in [3.05, 3.63) is 0 Å². The van der Waals surface area contributed by atoms with Crippen molar-refractivity contribution in [1.29, 1.82) is 0 Å². The first-order valence-electron chi connectivity index (χ1n) is 4.55. The zero-order valence-corrected chi connectivity index (χ0v) is 6.75. The molecule has 2 aliphatic rings. The lowest BCUT2D eigenvalue weighted by Crippen LogP contribution is -2.26. The molecule has 0 saturated heterocycles. The fourth-order valence-electron chi connectivity index (χ4n) is 1.50. The first-order valence-corrected chi connectivity index (χ1v) is 4.55. The van der Waals surface area contributed by atoms with Crippen molar-refractivity contribution in [2.75, 3.05) is 0 Å². The molecule has 0 radical (unpaired) electrons. The summed E-state index contributed by atoms with van der Waals surface area (Å²) >= 11 is 0. The molecule has 2 rings (SSSR count). The van der Waals surface area contributed by atoms with E-state index in [-0.39, 0.29) is 6.04 Å². The summed E-state index contributed by atoms with van der Waals surface area (Å²) in [7, 11) is 0. The van der Waals surface area contributed by atoms with Crippen LogP contribution in [0.2, 0.25) is 0 Å². The molecule has 2 saturated carbocycles. The number of ketones is 1. The average molecular weight is 153 g/mol. The third kappa shape index (κ3) is 1.80. The summed E-state index contributed by atoms with van der Waals surface area (Å²) in [6.45, 7) is 0. The Bertz CT molecular complexity index is 170. The van der Waals surface area contributed by atoms with Crippen molar-refractivity contribution in [3.8, 4) is 0 Å². The molecule has 0 aromatic carbocycles. The van der Waals surface area contributed by atoms with Gasteiger partial charge in [-0.2, -0.15) is 0 Å². The van der Waals surface area contributed by atoms with Crippen LogP contribution in [0.25, 0.3) is 0 Å². The van der Waals surface area contributed by atoms with Gasteiger partial charge in [-0.3, -0.25) is 4.79 Å². The molecule has 0 amide bonds. The SMILES string of the molecule is NC(CC(=O)C1CC1)C1CC1. The summed E-state index contributed by atoms with van der Waals surface area (Å²) in [6.07, 6.45) is 5.39. The van der Waals surface area contributed by atoms with Gasteiger partial charge in [0.05, 0.1) is 0 Å². The molecule has 2 aliphatic carbocycles. The first-order chi connectivity index (χ1) is 5.27. The number of rotatable bonds is 4. The molecule has 0 bridgehead atoms. The van der Waals surface area contributed by atoms with E-state index < -0.39 is 0 Å². The monoisotopic (exact) mass is 153 g/mol. The summed E-state index contributed by atoms with van der Waals surface area (Å²) in [6, 6.07) is 0.183. The smallest absolute Gasteiger partial charge is 0.137 e. The maximum atomic E-state index is 11.3. The Balaban J connectivity index is 1.74. The molecule has 11 heavy (non-hydrogen) atoms. The highest BCUT2D eigenvalue weighted by Crippen LogP contribution is 2.36. The Hall–Kier alpha value is -0.370. The lowest BCUT2D eigenvalue weighted by molar-refractivity contribution is -0.120. The maximum absolute atomic E-state index is 11.3. The second kappa shape index (κ2) is 2.59. The number of hydrogen-bond acceptors (Lipinski definition) is 2. The third-order valence-corrected chi connectivity index (χ3v) is 2.70. The minimum Gasteiger partial charge on any atom is -0.327 e. The number of Topliss-reactive ketones (excluding diaryl/α,β-unsaturated/α-hetero) is 1. The van der Waals surface area contributed by atoms with Gasteiger partial charge in [-0.25, -0.2) is 0 Å². The van der Waals surface area contributed by atoms with Crippen molar-refractivity contribution in [2.24, 2.45) is 17.6 Å². The normalized spacial score (nSPS) is 26.6. The molecule has 2 heteroatoms. The van der Waals surface area contributed by atoms with Crippen molar-refractivity contribution < 1.29 is 4.79 Å². The maximum Gasteiger partial charge on any atom is 0.137 e. The van der Waals surface area contributed by atoms with E-state index in [0.717, 1.165) is 12.8 Å². The van der Waals surface area contributed by atoms with Gasteiger partial charge >= 0.3 is 0 Å². The molecular weight excluding hydrogens is 138 g/mol. The van der Waals surface area contributed by atoms with Gasteiger partial charge < -0.3 is 5.73 Å². The molecule has 2 nitrogen and oxygen atoms in total. The van der Waals surface area contributed by atoms with Gasteiger partial charge in [0.15, 0.2) is 0 Å². The highest BCUT2D eigenvalue weighted by atomic mass is 16.1.